The van der Waals surface area contributed by atoms with E-state index < -0.39 is 40.9 Å². The molecule has 148 valence electrons. The quantitative estimate of drug-likeness (QED) is 0.740. The van der Waals surface area contributed by atoms with Crippen molar-refractivity contribution in [1.82, 2.24) is 0 Å². The number of hydrogen-bond acceptors (Lipinski definition) is 9. The topological polar surface area (TPSA) is 120 Å². The van der Waals surface area contributed by atoms with E-state index in [0.717, 1.165) is 14.2 Å². The lowest BCUT2D eigenvalue weighted by Crippen LogP contribution is -2.46. The monoisotopic (exact) mass is 428 g/mol. The van der Waals surface area contributed by atoms with Gasteiger partial charge in [-0.15, -0.1) is 22.7 Å². The summed E-state index contributed by atoms with van der Waals surface area (Å²) < 4.78 is 9.70. The zero-order chi connectivity index (χ0) is 21.2. The number of aliphatic hydroxyl groups is 1. The highest BCUT2D eigenvalue weighted by Crippen LogP contribution is 2.60. The van der Waals surface area contributed by atoms with Gasteiger partial charge in [0.2, 0.25) is 0 Å². The number of nitrogens with zero attached hydrogens (tertiary/aromatic N) is 2. The van der Waals surface area contributed by atoms with Crippen LogP contribution >= 0.6 is 22.7 Å². The highest BCUT2D eigenvalue weighted by molar-refractivity contribution is 7.10. The molecule has 29 heavy (non-hydrogen) atoms. The van der Waals surface area contributed by atoms with Crippen molar-refractivity contribution in [3.8, 4) is 12.1 Å². The Hall–Kier alpha value is -3.14. The molecule has 2 aromatic rings. The summed E-state index contributed by atoms with van der Waals surface area (Å²) in [6.07, 6.45) is 0. The van der Waals surface area contributed by atoms with E-state index in [2.05, 4.69) is 12.1 Å². The first-order chi connectivity index (χ1) is 14.0. The number of ether oxygens (including phenoxy) is 2. The van der Waals surface area contributed by atoms with Crippen LogP contribution in [-0.4, -0.2) is 31.3 Å². The molecule has 0 aromatic carbocycles. The SMILES string of the molecule is COC(=O)C1=C(O)[C@H](C(=O)OC)[C@@H](c2cccs2)C(C#N)(C#N)[C@@H]1c1cccs1. The molecule has 1 aliphatic rings. The summed E-state index contributed by atoms with van der Waals surface area (Å²) in [5, 5.41) is 35.0. The summed E-state index contributed by atoms with van der Waals surface area (Å²) in [4.78, 5) is 26.4. The smallest absolute Gasteiger partial charge is 0.337 e. The van der Waals surface area contributed by atoms with E-state index in [1.807, 2.05) is 0 Å². The van der Waals surface area contributed by atoms with Crippen LogP contribution in [0.2, 0.25) is 0 Å². The first-order valence-electron chi connectivity index (χ1n) is 8.45. The lowest BCUT2D eigenvalue weighted by molar-refractivity contribution is -0.147. The van der Waals surface area contributed by atoms with Gasteiger partial charge < -0.3 is 14.6 Å². The minimum atomic E-state index is -1.86. The second-order valence-corrected chi connectivity index (χ2v) is 8.28. The Labute approximate surface area is 175 Å². The fraction of sp³-hybridized carbons (Fsp3) is 0.300. The van der Waals surface area contributed by atoms with Crippen molar-refractivity contribution in [1.29, 1.82) is 10.5 Å². The lowest BCUT2D eigenvalue weighted by Gasteiger charge is -2.43. The molecule has 0 saturated carbocycles. The maximum atomic E-state index is 12.7. The average molecular weight is 428 g/mol. The predicted octanol–water partition coefficient (Wildman–Crippen LogP) is 3.50. The van der Waals surface area contributed by atoms with Crippen molar-refractivity contribution >= 4 is 34.6 Å². The standard InChI is InChI=1S/C20H16N2O5S2/c1-26-18(24)13-15(11-5-3-7-28-11)20(9-21,10-22)16(12-6-4-8-29-12)14(17(13)23)19(25)27-2/h3-8,13,15-16,23H,1-2H3/t13-,15-,16-/m1/s1. The van der Waals surface area contributed by atoms with Gasteiger partial charge in [0, 0.05) is 15.7 Å². The van der Waals surface area contributed by atoms with Gasteiger partial charge in [-0.2, -0.15) is 10.5 Å². The minimum Gasteiger partial charge on any atom is -0.511 e. The molecular weight excluding hydrogens is 412 g/mol. The second kappa shape index (κ2) is 8.08. The molecule has 9 heteroatoms. The first kappa shape index (κ1) is 20.6. The minimum absolute atomic E-state index is 0.277. The molecule has 0 unspecified atom stereocenters. The van der Waals surface area contributed by atoms with Gasteiger partial charge in [-0.25, -0.2) is 4.79 Å². The molecule has 0 fully saturated rings. The zero-order valence-corrected chi connectivity index (χ0v) is 17.1. The van der Waals surface area contributed by atoms with Crippen molar-refractivity contribution in [3.63, 3.8) is 0 Å². The molecule has 2 aromatic heterocycles. The number of carbonyl (C=O) groups is 2. The van der Waals surface area contributed by atoms with Crippen LogP contribution < -0.4 is 0 Å². The molecule has 0 bridgehead atoms. The molecule has 3 rings (SSSR count). The molecule has 1 N–H and O–H groups in total. The van der Waals surface area contributed by atoms with E-state index in [1.165, 1.54) is 22.7 Å². The number of esters is 2. The normalized spacial score (nSPS) is 23.0. The number of carbonyl (C=O) groups excluding carboxylic acids is 2. The van der Waals surface area contributed by atoms with E-state index in [9.17, 15) is 25.2 Å². The molecule has 0 saturated heterocycles. The molecule has 0 spiro atoms. The van der Waals surface area contributed by atoms with Crippen LogP contribution in [-0.2, 0) is 19.1 Å². The van der Waals surface area contributed by atoms with Gasteiger partial charge in [-0.3, -0.25) is 4.79 Å². The van der Waals surface area contributed by atoms with E-state index in [0.29, 0.717) is 9.75 Å². The third-order valence-corrected chi connectivity index (χ3v) is 6.94. The molecule has 7 nitrogen and oxygen atoms in total. The summed E-state index contributed by atoms with van der Waals surface area (Å²) in [6, 6.07) is 11.0. The summed E-state index contributed by atoms with van der Waals surface area (Å²) in [6.45, 7) is 0. The molecule has 3 atom stereocenters. The number of methoxy groups -OCH3 is 2. The highest BCUT2D eigenvalue weighted by Gasteiger charge is 2.62. The fourth-order valence-electron chi connectivity index (χ4n) is 3.82. The Morgan fingerprint density at radius 3 is 2.10 bits per heavy atom. The summed E-state index contributed by atoms with van der Waals surface area (Å²) in [5.41, 5.74) is -2.13. The van der Waals surface area contributed by atoms with Crippen molar-refractivity contribution in [3.05, 3.63) is 56.1 Å². The highest BCUT2D eigenvalue weighted by atomic mass is 32.1. The summed E-state index contributed by atoms with van der Waals surface area (Å²) in [5.74, 6) is -5.83. The number of nitriles is 2. The first-order valence-corrected chi connectivity index (χ1v) is 10.2. The molecule has 1 aliphatic carbocycles. The van der Waals surface area contributed by atoms with Crippen LogP contribution in [0.4, 0.5) is 0 Å². The number of hydrogen-bond donors (Lipinski definition) is 1. The van der Waals surface area contributed by atoms with Crippen molar-refractivity contribution in [2.24, 2.45) is 11.3 Å². The van der Waals surface area contributed by atoms with Gasteiger partial charge >= 0.3 is 11.9 Å². The van der Waals surface area contributed by atoms with Crippen molar-refractivity contribution in [2.45, 2.75) is 11.8 Å². The Balaban J connectivity index is 2.44. The maximum absolute atomic E-state index is 12.7. The third-order valence-electron chi connectivity index (χ3n) is 5.05. The average Bonchev–Trinajstić information content (AvgIpc) is 3.45. The van der Waals surface area contributed by atoms with Crippen LogP contribution in [0.1, 0.15) is 21.6 Å². The van der Waals surface area contributed by atoms with Gasteiger partial charge in [0.1, 0.15) is 11.7 Å². The molecule has 0 aliphatic heterocycles. The Kier molecular flexibility index (Phi) is 5.73. The van der Waals surface area contributed by atoms with E-state index in [-0.39, 0.29) is 5.57 Å². The summed E-state index contributed by atoms with van der Waals surface area (Å²) in [7, 11) is 2.28. The maximum Gasteiger partial charge on any atom is 0.337 e. The molecular formula is C20H16N2O5S2. The van der Waals surface area contributed by atoms with Crippen molar-refractivity contribution in [2.75, 3.05) is 14.2 Å². The third kappa shape index (κ3) is 3.09. The summed E-state index contributed by atoms with van der Waals surface area (Å²) >= 11 is 2.50. The second-order valence-electron chi connectivity index (χ2n) is 6.33. The number of thiophene rings is 2. The van der Waals surface area contributed by atoms with E-state index in [4.69, 9.17) is 9.47 Å². The molecule has 2 heterocycles. The lowest BCUT2D eigenvalue weighted by atomic mass is 9.56. The van der Waals surface area contributed by atoms with Crippen LogP contribution in [0.25, 0.3) is 0 Å². The van der Waals surface area contributed by atoms with Crippen LogP contribution in [0.5, 0.6) is 0 Å². The molecule has 0 radical (unpaired) electrons. The van der Waals surface area contributed by atoms with Crippen LogP contribution in [0.3, 0.4) is 0 Å². The Bertz CT molecular complexity index is 1010. The number of rotatable bonds is 4. The van der Waals surface area contributed by atoms with Gasteiger partial charge in [-0.1, -0.05) is 12.1 Å². The number of aliphatic hydroxyl groups excluding tert-OH is 1. The Morgan fingerprint density at radius 1 is 1.07 bits per heavy atom. The largest absolute Gasteiger partial charge is 0.511 e. The van der Waals surface area contributed by atoms with Gasteiger partial charge in [-0.05, 0) is 22.9 Å². The van der Waals surface area contributed by atoms with Gasteiger partial charge in [0.15, 0.2) is 5.41 Å². The predicted molar refractivity (Wildman–Crippen MR) is 105 cm³/mol. The molecule has 0 amide bonds. The van der Waals surface area contributed by atoms with E-state index >= 15 is 0 Å². The van der Waals surface area contributed by atoms with Crippen LogP contribution in [0.15, 0.2) is 46.4 Å². The van der Waals surface area contributed by atoms with Gasteiger partial charge in [0.25, 0.3) is 0 Å². The Morgan fingerprint density at radius 2 is 1.66 bits per heavy atom. The zero-order valence-electron chi connectivity index (χ0n) is 15.5. The van der Waals surface area contributed by atoms with Gasteiger partial charge in [0.05, 0.1) is 37.8 Å². The van der Waals surface area contributed by atoms with Crippen LogP contribution in [0, 0.1) is 34.0 Å². The fourth-order valence-corrected chi connectivity index (χ4v) is 5.67. The van der Waals surface area contributed by atoms with Crippen molar-refractivity contribution < 1.29 is 24.2 Å². The van der Waals surface area contributed by atoms with E-state index in [1.54, 1.807) is 35.0 Å².